The average molecular weight is 386 g/mol. The van der Waals surface area contributed by atoms with Crippen LogP contribution in [0, 0.1) is 30.3 Å². The third kappa shape index (κ3) is 1.60. The summed E-state index contributed by atoms with van der Waals surface area (Å²) in [5.74, 6) is 0. The van der Waals surface area contributed by atoms with Crippen LogP contribution >= 0.6 is 8.25 Å². The summed E-state index contributed by atoms with van der Waals surface area (Å²) in [6.45, 7) is 0. The van der Waals surface area contributed by atoms with Crippen LogP contribution in [0.2, 0.25) is 0 Å². The number of hydrogen-bond acceptors (Lipinski definition) is 6. The third-order valence-electron chi connectivity index (χ3n) is 1.06. The Morgan fingerprint density at radius 3 is 1.25 bits per heavy atom. The molecule has 64 valence electrons. The van der Waals surface area contributed by atoms with Crippen LogP contribution in [0.5, 0.6) is 0 Å². The summed E-state index contributed by atoms with van der Waals surface area (Å²) in [5.41, 5.74) is 0. The monoisotopic (exact) mass is 387 g/mol. The molecule has 0 aliphatic heterocycles. The molecule has 9 nitrogen and oxygen atoms in total. The molecule has 0 heterocycles. The van der Waals surface area contributed by atoms with E-state index in [1.165, 1.54) is 0 Å². The van der Waals surface area contributed by atoms with Gasteiger partial charge in [0, 0.05) is 0 Å². The molecule has 0 aliphatic carbocycles. The summed E-state index contributed by atoms with van der Waals surface area (Å²) in [5, 5.41) is 30.1. The van der Waals surface area contributed by atoms with E-state index in [-0.39, 0.29) is 0 Å². The molecule has 0 spiro atoms. The van der Waals surface area contributed by atoms with Gasteiger partial charge in [-0.05, 0) is 0 Å². The zero-order valence-corrected chi connectivity index (χ0v) is 11.6. The first-order valence-corrected chi connectivity index (χ1v) is 11.9. The van der Waals surface area contributed by atoms with Crippen LogP contribution in [0.1, 0.15) is 0 Å². The van der Waals surface area contributed by atoms with Crippen molar-refractivity contribution >= 4 is 8.25 Å². The first-order chi connectivity index (χ1) is 5.39. The van der Waals surface area contributed by atoms with Gasteiger partial charge >= 0.3 is 80.0 Å². The van der Waals surface area contributed by atoms with Gasteiger partial charge in [-0.3, -0.25) is 0 Å². The van der Waals surface area contributed by atoms with Crippen LogP contribution in [0.25, 0.3) is 0 Å². The fourth-order valence-corrected chi connectivity index (χ4v) is 4.05. The maximum absolute atomic E-state index is 10.0. The molecule has 0 aromatic rings. The van der Waals surface area contributed by atoms with Gasteiger partial charge in [0.05, 0.1) is 0 Å². The first-order valence-electron chi connectivity index (χ1n) is 2.39. The van der Waals surface area contributed by atoms with E-state index in [0.717, 1.165) is 0 Å². The first kappa shape index (κ1) is 11.4. The van der Waals surface area contributed by atoms with E-state index >= 15 is 0 Å². The van der Waals surface area contributed by atoms with Crippen LogP contribution in [0.4, 0.5) is 0 Å². The van der Waals surface area contributed by atoms with E-state index in [2.05, 4.69) is 0 Å². The molecule has 0 amide bonds. The molecule has 0 radical (unpaired) electrons. The summed E-state index contributed by atoms with van der Waals surface area (Å²) in [4.78, 5) is 25.5. The van der Waals surface area contributed by atoms with Crippen molar-refractivity contribution in [1.29, 1.82) is 0 Å². The van der Waals surface area contributed by atoms with E-state index in [4.69, 9.17) is 8.25 Å². The van der Waals surface area contributed by atoms with E-state index < -0.39 is 41.4 Å². The number of hydrogen-bond donors (Lipinski definition) is 0. The molecule has 0 N–H and O–H groups in total. The summed E-state index contributed by atoms with van der Waals surface area (Å²) in [7, 11) is 5.01. The molecule has 0 fully saturated rings. The topological polar surface area (TPSA) is 129 Å². The van der Waals surface area contributed by atoms with Crippen LogP contribution < -0.4 is 0 Å². The second-order valence-corrected chi connectivity index (χ2v) is 8.75. The van der Waals surface area contributed by atoms with Gasteiger partial charge in [0.1, 0.15) is 0 Å². The van der Waals surface area contributed by atoms with Gasteiger partial charge in [0.25, 0.3) is 0 Å². The molecule has 12 heavy (non-hydrogen) atoms. The van der Waals surface area contributed by atoms with Crippen molar-refractivity contribution in [3.63, 3.8) is 0 Å². The van der Waals surface area contributed by atoms with Gasteiger partial charge in [-0.15, -0.1) is 0 Å². The van der Waals surface area contributed by atoms with Crippen LogP contribution in [0.3, 0.4) is 0 Å². The Balaban J connectivity index is 5.19. The molecule has 0 bridgehead atoms. The molecule has 0 aromatic carbocycles. The molecular formula is CClHgN3O6. The van der Waals surface area contributed by atoms with Crippen LogP contribution in [-0.2, 0) is 23.3 Å². The summed E-state index contributed by atoms with van der Waals surface area (Å²) >= 11 is -3.28. The van der Waals surface area contributed by atoms with Crippen molar-refractivity contribution in [2.45, 2.75) is 3.30 Å². The van der Waals surface area contributed by atoms with Gasteiger partial charge in [0.2, 0.25) is 0 Å². The number of rotatable bonds is 4. The zero-order chi connectivity index (χ0) is 9.94. The van der Waals surface area contributed by atoms with Crippen LogP contribution in [0.15, 0.2) is 0 Å². The molecule has 0 aliphatic rings. The maximum atomic E-state index is 10.0. The second-order valence-electron chi connectivity index (χ2n) is 1.68. The number of nitro groups is 3. The molecule has 0 saturated heterocycles. The Kier molecular flexibility index (Phi) is 3.71. The predicted molar refractivity (Wildman–Crippen MR) is 29.6 cm³/mol. The van der Waals surface area contributed by atoms with Crippen molar-refractivity contribution in [3.05, 3.63) is 30.3 Å². The Bertz CT molecular complexity index is 205. The van der Waals surface area contributed by atoms with E-state index in [1.807, 2.05) is 0 Å². The number of halogens is 1. The molecule has 0 atom stereocenters. The second kappa shape index (κ2) is 3.89. The van der Waals surface area contributed by atoms with Gasteiger partial charge in [-0.1, -0.05) is 0 Å². The van der Waals surface area contributed by atoms with Gasteiger partial charge in [-0.25, -0.2) is 0 Å². The molecule has 0 saturated carbocycles. The van der Waals surface area contributed by atoms with Crippen molar-refractivity contribution in [3.8, 4) is 0 Å². The van der Waals surface area contributed by atoms with E-state index in [9.17, 15) is 30.3 Å². The molecule has 0 aromatic heterocycles. The van der Waals surface area contributed by atoms with E-state index in [1.54, 1.807) is 0 Å². The SMILES string of the molecule is O=[N+]([O-])[C]([Hg][Cl])([N+](=O)[O-])[N+](=O)[O-]. The number of nitrogens with zero attached hydrogens (tertiary/aromatic N) is 3. The quantitative estimate of drug-likeness (QED) is 0.281. The van der Waals surface area contributed by atoms with Gasteiger partial charge in [0.15, 0.2) is 0 Å². The summed E-state index contributed by atoms with van der Waals surface area (Å²) < 4.78 is -3.30. The Labute approximate surface area is 80.0 Å². The van der Waals surface area contributed by atoms with Crippen molar-refractivity contribution in [2.75, 3.05) is 0 Å². The van der Waals surface area contributed by atoms with Crippen molar-refractivity contribution < 1.29 is 38.1 Å². The summed E-state index contributed by atoms with van der Waals surface area (Å²) in [6, 6.07) is 0. The fourth-order valence-electron chi connectivity index (χ4n) is 0.346. The standard InChI is InChI=1S/CN3O6.ClH.Hg/c5-2(6)1(3(7)8)4(9)10;;/h;1H;/q;;+1/p-1. The Hall–Kier alpha value is -0.575. The normalized spacial score (nSPS) is 10.1. The summed E-state index contributed by atoms with van der Waals surface area (Å²) in [6.07, 6.45) is 0. The molecular weight excluding hydrogens is 386 g/mol. The molecule has 0 unspecified atom stereocenters. The minimum absolute atomic E-state index is 1.54. The van der Waals surface area contributed by atoms with Crippen molar-refractivity contribution in [1.82, 2.24) is 0 Å². The Morgan fingerprint density at radius 2 is 1.25 bits per heavy atom. The third-order valence-corrected chi connectivity index (χ3v) is 8.61. The minimum atomic E-state index is -3.30. The molecule has 0 rings (SSSR count). The van der Waals surface area contributed by atoms with Crippen LogP contribution in [-0.4, -0.2) is 18.1 Å². The fraction of sp³-hybridized carbons (Fsp3) is 1.00. The van der Waals surface area contributed by atoms with Gasteiger partial charge < -0.3 is 0 Å². The van der Waals surface area contributed by atoms with E-state index in [0.29, 0.717) is 0 Å². The Morgan fingerprint density at radius 1 is 1.00 bits per heavy atom. The van der Waals surface area contributed by atoms with Crippen molar-refractivity contribution in [2.24, 2.45) is 0 Å². The van der Waals surface area contributed by atoms with Gasteiger partial charge in [-0.2, -0.15) is 0 Å². The zero-order valence-electron chi connectivity index (χ0n) is 5.38. The molecule has 11 heteroatoms. The average Bonchev–Trinajstić information content (AvgIpc) is 1.86. The predicted octanol–water partition coefficient (Wildman–Crippen LogP) is -0.336.